The molecule has 7 heteroatoms. The maximum Gasteiger partial charge on any atom is 0.231 e. The van der Waals surface area contributed by atoms with E-state index in [0.29, 0.717) is 13.0 Å². The highest BCUT2D eigenvalue weighted by molar-refractivity contribution is 7.05. The summed E-state index contributed by atoms with van der Waals surface area (Å²) in [6, 6.07) is 16.0. The minimum Gasteiger partial charge on any atom is -0.454 e. The van der Waals surface area contributed by atoms with Crippen molar-refractivity contribution in [2.24, 2.45) is 0 Å². The minimum atomic E-state index is -0.0636. The Kier molecular flexibility index (Phi) is 5.25. The van der Waals surface area contributed by atoms with Crippen LogP contribution in [-0.2, 0) is 11.3 Å². The number of ether oxygens (including phenoxy) is 2. The Bertz CT molecular complexity index is 974. The van der Waals surface area contributed by atoms with Crippen LogP contribution in [0.4, 0.5) is 0 Å². The lowest BCUT2D eigenvalue weighted by molar-refractivity contribution is -0.130. The molecule has 0 saturated heterocycles. The molecular formula is C21H21N3O3S. The molecule has 1 atom stereocenters. The first-order valence-corrected chi connectivity index (χ1v) is 9.85. The first-order chi connectivity index (χ1) is 13.6. The minimum absolute atomic E-state index is 0.0636. The van der Waals surface area contributed by atoms with E-state index in [2.05, 4.69) is 21.7 Å². The summed E-state index contributed by atoms with van der Waals surface area (Å²) in [7, 11) is 1.82. The summed E-state index contributed by atoms with van der Waals surface area (Å²) in [5, 5.41) is 4.02. The number of amides is 1. The summed E-state index contributed by atoms with van der Waals surface area (Å²) in [6.07, 6.45) is 0.367. The van der Waals surface area contributed by atoms with Crippen LogP contribution in [0.5, 0.6) is 11.5 Å². The number of aromatic nitrogens is 2. The average molecular weight is 395 g/mol. The summed E-state index contributed by atoms with van der Waals surface area (Å²) >= 11 is 1.33. The second-order valence-electron chi connectivity index (χ2n) is 6.81. The second-order valence-corrected chi connectivity index (χ2v) is 7.65. The van der Waals surface area contributed by atoms with E-state index < -0.39 is 0 Å². The quantitative estimate of drug-likeness (QED) is 0.636. The molecule has 144 valence electrons. The van der Waals surface area contributed by atoms with E-state index in [4.69, 9.17) is 9.47 Å². The van der Waals surface area contributed by atoms with Crippen LogP contribution in [0.1, 0.15) is 34.0 Å². The summed E-state index contributed by atoms with van der Waals surface area (Å²) in [4.78, 5) is 15.8. The van der Waals surface area contributed by atoms with Gasteiger partial charge in [0.15, 0.2) is 11.5 Å². The van der Waals surface area contributed by atoms with E-state index in [-0.39, 0.29) is 18.6 Å². The molecule has 6 nitrogen and oxygen atoms in total. The molecule has 2 heterocycles. The largest absolute Gasteiger partial charge is 0.454 e. The van der Waals surface area contributed by atoms with Crippen LogP contribution in [0.2, 0.25) is 0 Å². The molecule has 2 aromatic carbocycles. The molecule has 1 aliphatic rings. The Morgan fingerprint density at radius 3 is 2.68 bits per heavy atom. The van der Waals surface area contributed by atoms with Crippen molar-refractivity contribution in [2.45, 2.75) is 25.8 Å². The first-order valence-electron chi connectivity index (χ1n) is 9.08. The smallest absolute Gasteiger partial charge is 0.231 e. The molecule has 0 bridgehead atoms. The van der Waals surface area contributed by atoms with E-state index in [1.54, 1.807) is 4.90 Å². The zero-order valence-electron chi connectivity index (χ0n) is 15.8. The molecule has 1 aliphatic heterocycles. The van der Waals surface area contributed by atoms with Crippen molar-refractivity contribution in [3.8, 4) is 11.5 Å². The van der Waals surface area contributed by atoms with Gasteiger partial charge in [0.1, 0.15) is 0 Å². The topological polar surface area (TPSA) is 64.6 Å². The van der Waals surface area contributed by atoms with Gasteiger partial charge in [-0.05, 0) is 41.7 Å². The van der Waals surface area contributed by atoms with Gasteiger partial charge in [-0.3, -0.25) is 4.79 Å². The van der Waals surface area contributed by atoms with E-state index in [0.717, 1.165) is 33.2 Å². The van der Waals surface area contributed by atoms with Gasteiger partial charge < -0.3 is 14.4 Å². The SMILES string of the molecule is Cc1nnsc1CN(C)C(=O)CC(c1ccccc1)c1ccc2c(c1)OCO2. The Hall–Kier alpha value is -2.93. The highest BCUT2D eigenvalue weighted by Crippen LogP contribution is 2.37. The number of aryl methyl sites for hydroxylation is 1. The molecule has 1 unspecified atom stereocenters. The van der Waals surface area contributed by atoms with Crippen LogP contribution in [0.15, 0.2) is 48.5 Å². The molecule has 0 spiro atoms. The van der Waals surface area contributed by atoms with E-state index in [1.165, 1.54) is 11.5 Å². The van der Waals surface area contributed by atoms with Crippen molar-refractivity contribution in [1.82, 2.24) is 14.5 Å². The summed E-state index contributed by atoms with van der Waals surface area (Å²) in [5.74, 6) is 1.48. The van der Waals surface area contributed by atoms with Crippen molar-refractivity contribution in [3.05, 3.63) is 70.2 Å². The molecule has 0 N–H and O–H groups in total. The Morgan fingerprint density at radius 2 is 1.93 bits per heavy atom. The molecule has 0 fully saturated rings. The normalized spacial score (nSPS) is 13.4. The second kappa shape index (κ2) is 7.98. The number of benzene rings is 2. The molecule has 1 amide bonds. The molecule has 28 heavy (non-hydrogen) atoms. The average Bonchev–Trinajstić information content (AvgIpc) is 3.35. The van der Waals surface area contributed by atoms with Crippen LogP contribution in [0.3, 0.4) is 0 Å². The Morgan fingerprint density at radius 1 is 1.14 bits per heavy atom. The van der Waals surface area contributed by atoms with Gasteiger partial charge in [0.2, 0.25) is 12.7 Å². The third-order valence-corrected chi connectivity index (χ3v) is 5.74. The maximum absolute atomic E-state index is 13.0. The molecule has 4 rings (SSSR count). The van der Waals surface area contributed by atoms with Gasteiger partial charge in [0, 0.05) is 19.4 Å². The lowest BCUT2D eigenvalue weighted by Gasteiger charge is -2.22. The fourth-order valence-corrected chi connectivity index (χ4v) is 3.96. The molecular weight excluding hydrogens is 374 g/mol. The fourth-order valence-electron chi connectivity index (χ4n) is 3.27. The van der Waals surface area contributed by atoms with Crippen LogP contribution in [0.25, 0.3) is 0 Å². The predicted octanol–water partition coefficient (Wildman–Crippen LogP) is 3.76. The summed E-state index contributed by atoms with van der Waals surface area (Å²) in [5.41, 5.74) is 3.01. The van der Waals surface area contributed by atoms with Crippen molar-refractivity contribution in [3.63, 3.8) is 0 Å². The Balaban J connectivity index is 1.57. The Labute approximate surface area is 167 Å². The molecule has 0 aliphatic carbocycles. The molecule has 0 radical (unpaired) electrons. The van der Waals surface area contributed by atoms with E-state index in [1.807, 2.05) is 50.4 Å². The van der Waals surface area contributed by atoms with Crippen molar-refractivity contribution >= 4 is 17.4 Å². The lowest BCUT2D eigenvalue weighted by Crippen LogP contribution is -2.27. The third kappa shape index (κ3) is 3.84. The van der Waals surface area contributed by atoms with Gasteiger partial charge in [-0.2, -0.15) is 0 Å². The van der Waals surface area contributed by atoms with Crippen LogP contribution in [-0.4, -0.2) is 34.2 Å². The number of hydrogen-bond acceptors (Lipinski definition) is 6. The number of fused-ring (bicyclic) bond motifs is 1. The highest BCUT2D eigenvalue weighted by Gasteiger charge is 2.24. The number of hydrogen-bond donors (Lipinski definition) is 0. The van der Waals surface area contributed by atoms with Crippen molar-refractivity contribution in [1.29, 1.82) is 0 Å². The molecule has 3 aromatic rings. The fraction of sp³-hybridized carbons (Fsp3) is 0.286. The standard InChI is InChI=1S/C21H21N3O3S/c1-14-20(28-23-22-14)12-24(2)21(25)11-17(15-6-4-3-5-7-15)16-8-9-18-19(10-16)27-13-26-18/h3-10,17H,11-13H2,1-2H3. The monoisotopic (exact) mass is 395 g/mol. The summed E-state index contributed by atoms with van der Waals surface area (Å²) in [6.45, 7) is 2.67. The van der Waals surface area contributed by atoms with E-state index >= 15 is 0 Å². The third-order valence-electron chi connectivity index (χ3n) is 4.93. The van der Waals surface area contributed by atoms with Crippen LogP contribution < -0.4 is 9.47 Å². The van der Waals surface area contributed by atoms with E-state index in [9.17, 15) is 4.79 Å². The highest BCUT2D eigenvalue weighted by atomic mass is 32.1. The molecule has 1 aromatic heterocycles. The van der Waals surface area contributed by atoms with Gasteiger partial charge in [-0.1, -0.05) is 40.9 Å². The first kappa shape index (κ1) is 18.4. The predicted molar refractivity (Wildman–Crippen MR) is 107 cm³/mol. The van der Waals surface area contributed by atoms with Gasteiger partial charge in [-0.15, -0.1) is 5.10 Å². The van der Waals surface area contributed by atoms with Crippen molar-refractivity contribution < 1.29 is 14.3 Å². The van der Waals surface area contributed by atoms with Crippen molar-refractivity contribution in [2.75, 3.05) is 13.8 Å². The maximum atomic E-state index is 13.0. The number of nitrogens with zero attached hydrogens (tertiary/aromatic N) is 3. The van der Waals surface area contributed by atoms with Gasteiger partial charge in [0.25, 0.3) is 0 Å². The van der Waals surface area contributed by atoms with Gasteiger partial charge >= 0.3 is 0 Å². The number of rotatable bonds is 6. The van der Waals surface area contributed by atoms with Crippen LogP contribution >= 0.6 is 11.5 Å². The zero-order valence-corrected chi connectivity index (χ0v) is 16.6. The van der Waals surface area contributed by atoms with Gasteiger partial charge in [0.05, 0.1) is 17.1 Å². The lowest BCUT2D eigenvalue weighted by atomic mass is 9.88. The summed E-state index contributed by atoms with van der Waals surface area (Å²) < 4.78 is 14.9. The molecule has 0 saturated carbocycles. The zero-order chi connectivity index (χ0) is 19.5. The van der Waals surface area contributed by atoms with Crippen LogP contribution in [0, 0.1) is 6.92 Å². The number of carbonyl (C=O) groups is 1. The number of carbonyl (C=O) groups excluding carboxylic acids is 1. The van der Waals surface area contributed by atoms with Gasteiger partial charge in [-0.25, -0.2) is 0 Å².